The zero-order chi connectivity index (χ0) is 24.5. The van der Waals surface area contributed by atoms with Crippen molar-refractivity contribution in [2.45, 2.75) is 44.6 Å². The molecule has 0 aliphatic heterocycles. The highest BCUT2D eigenvalue weighted by molar-refractivity contribution is 5.87. The highest BCUT2D eigenvalue weighted by Gasteiger charge is 2.39. The van der Waals surface area contributed by atoms with Crippen LogP contribution in [0.4, 0.5) is 4.79 Å². The summed E-state index contributed by atoms with van der Waals surface area (Å²) in [5.74, 6) is -1.43. The quantitative estimate of drug-likeness (QED) is 0.578. The maximum absolute atomic E-state index is 13.1. The first-order valence-electron chi connectivity index (χ1n) is 11.8. The molecule has 180 valence electrons. The number of nitrogens with zero attached hydrogens (tertiary/aromatic N) is 1. The SMILES string of the molecule is CN(C(=O)C(CNC(=O)OCC1c2ccccc2-c2ccccc21)CC1CC1)C(C)(C)C(=O)O. The molecular formula is C27H32N2O5. The van der Waals surface area contributed by atoms with Gasteiger partial charge in [0.1, 0.15) is 12.1 Å². The van der Waals surface area contributed by atoms with E-state index in [2.05, 4.69) is 29.6 Å². The van der Waals surface area contributed by atoms with Crippen LogP contribution in [0, 0.1) is 11.8 Å². The number of benzene rings is 2. The van der Waals surface area contributed by atoms with Crippen molar-refractivity contribution in [3.05, 3.63) is 59.7 Å². The van der Waals surface area contributed by atoms with Crippen molar-refractivity contribution in [3.63, 3.8) is 0 Å². The van der Waals surface area contributed by atoms with Crippen LogP contribution >= 0.6 is 0 Å². The highest BCUT2D eigenvalue weighted by Crippen LogP contribution is 2.44. The van der Waals surface area contributed by atoms with Crippen molar-refractivity contribution < 1.29 is 24.2 Å². The van der Waals surface area contributed by atoms with Gasteiger partial charge in [0.25, 0.3) is 0 Å². The smallest absolute Gasteiger partial charge is 0.407 e. The Bertz CT molecular complexity index is 1050. The number of fused-ring (bicyclic) bond motifs is 3. The van der Waals surface area contributed by atoms with Crippen molar-refractivity contribution in [2.75, 3.05) is 20.2 Å². The first-order valence-corrected chi connectivity index (χ1v) is 11.8. The Morgan fingerprint density at radius 3 is 2.15 bits per heavy atom. The third kappa shape index (κ3) is 4.79. The molecule has 1 fully saturated rings. The van der Waals surface area contributed by atoms with Crippen molar-refractivity contribution >= 4 is 18.0 Å². The summed E-state index contributed by atoms with van der Waals surface area (Å²) in [6.07, 6.45) is 2.17. The van der Waals surface area contributed by atoms with E-state index >= 15 is 0 Å². The molecule has 0 bridgehead atoms. The summed E-state index contributed by atoms with van der Waals surface area (Å²) < 4.78 is 5.59. The number of ether oxygens (including phenoxy) is 1. The molecule has 2 aliphatic carbocycles. The average molecular weight is 465 g/mol. The minimum absolute atomic E-state index is 0.0375. The van der Waals surface area contributed by atoms with Crippen LogP contribution < -0.4 is 5.32 Å². The Balaban J connectivity index is 1.38. The van der Waals surface area contributed by atoms with Gasteiger partial charge in [-0.05, 0) is 48.4 Å². The predicted molar refractivity (Wildman–Crippen MR) is 128 cm³/mol. The Hall–Kier alpha value is -3.35. The van der Waals surface area contributed by atoms with Crippen LogP contribution in [0.3, 0.4) is 0 Å². The molecule has 0 heterocycles. The third-order valence-electron chi connectivity index (χ3n) is 7.19. The molecule has 0 saturated heterocycles. The minimum atomic E-state index is -1.33. The molecule has 1 atom stereocenters. The number of amides is 2. The Labute approximate surface area is 200 Å². The summed E-state index contributed by atoms with van der Waals surface area (Å²) in [5.41, 5.74) is 3.26. The standard InChI is InChI=1S/C27H32N2O5/c1-27(2,25(31)32)29(3)24(30)18(14-17-12-13-17)15-28-26(33)34-16-23-21-10-6-4-8-19(21)20-9-5-7-11-22(20)23/h4-11,17-18,23H,12-16H2,1-3H3,(H,28,33)(H,31,32). The lowest BCUT2D eigenvalue weighted by molar-refractivity contribution is -0.157. The van der Waals surface area contributed by atoms with Crippen LogP contribution in [-0.4, -0.2) is 53.7 Å². The third-order valence-corrected chi connectivity index (χ3v) is 7.19. The van der Waals surface area contributed by atoms with E-state index in [-0.39, 0.29) is 25.0 Å². The molecular weight excluding hydrogens is 432 g/mol. The van der Waals surface area contributed by atoms with Gasteiger partial charge >= 0.3 is 12.1 Å². The van der Waals surface area contributed by atoms with Gasteiger partial charge in [0.05, 0.1) is 5.92 Å². The highest BCUT2D eigenvalue weighted by atomic mass is 16.5. The molecule has 2 N–H and O–H groups in total. The first-order chi connectivity index (χ1) is 16.2. The van der Waals surface area contributed by atoms with Gasteiger partial charge < -0.3 is 20.1 Å². The number of carboxylic acid groups (broad SMARTS) is 1. The maximum Gasteiger partial charge on any atom is 0.407 e. The van der Waals surface area contributed by atoms with E-state index in [0.29, 0.717) is 12.3 Å². The van der Waals surface area contributed by atoms with Crippen molar-refractivity contribution in [3.8, 4) is 11.1 Å². The van der Waals surface area contributed by atoms with Gasteiger partial charge in [-0.2, -0.15) is 0 Å². The number of likely N-dealkylation sites (N-methyl/N-ethyl adjacent to an activating group) is 1. The second kappa shape index (κ2) is 9.49. The Morgan fingerprint density at radius 1 is 1.06 bits per heavy atom. The summed E-state index contributed by atoms with van der Waals surface area (Å²) in [7, 11) is 1.50. The Kier molecular flexibility index (Phi) is 6.64. The van der Waals surface area contributed by atoms with E-state index in [4.69, 9.17) is 4.74 Å². The summed E-state index contributed by atoms with van der Waals surface area (Å²) in [4.78, 5) is 38.5. The maximum atomic E-state index is 13.1. The van der Waals surface area contributed by atoms with Crippen LogP contribution in [-0.2, 0) is 14.3 Å². The Morgan fingerprint density at radius 2 is 1.62 bits per heavy atom. The molecule has 34 heavy (non-hydrogen) atoms. The van der Waals surface area contributed by atoms with Gasteiger partial charge in [-0.1, -0.05) is 61.4 Å². The summed E-state index contributed by atoms with van der Waals surface area (Å²) in [6, 6.07) is 16.3. The van der Waals surface area contributed by atoms with Gasteiger partial charge in [0.2, 0.25) is 5.91 Å². The normalized spacial score (nSPS) is 15.7. The fraction of sp³-hybridized carbons (Fsp3) is 0.444. The van der Waals surface area contributed by atoms with E-state index < -0.39 is 23.5 Å². The molecule has 2 aliphatic rings. The second-order valence-corrected chi connectivity index (χ2v) is 9.84. The van der Waals surface area contributed by atoms with E-state index in [1.165, 1.54) is 25.8 Å². The number of carbonyl (C=O) groups excluding carboxylic acids is 2. The lowest BCUT2D eigenvalue weighted by Crippen LogP contribution is -2.53. The zero-order valence-corrected chi connectivity index (χ0v) is 19.9. The molecule has 1 saturated carbocycles. The largest absolute Gasteiger partial charge is 0.480 e. The van der Waals surface area contributed by atoms with Gasteiger partial charge in [-0.3, -0.25) is 4.79 Å². The molecule has 7 nitrogen and oxygen atoms in total. The molecule has 4 rings (SSSR count). The summed E-state index contributed by atoms with van der Waals surface area (Å²) >= 11 is 0. The fourth-order valence-corrected chi connectivity index (χ4v) is 4.58. The molecule has 0 spiro atoms. The van der Waals surface area contributed by atoms with Crippen molar-refractivity contribution in [2.24, 2.45) is 11.8 Å². The molecule has 2 aromatic rings. The van der Waals surface area contributed by atoms with E-state index in [9.17, 15) is 19.5 Å². The number of rotatable bonds is 9. The van der Waals surface area contributed by atoms with Crippen LogP contribution in [0.25, 0.3) is 11.1 Å². The summed E-state index contributed by atoms with van der Waals surface area (Å²) in [6.45, 7) is 3.32. The monoisotopic (exact) mass is 464 g/mol. The summed E-state index contributed by atoms with van der Waals surface area (Å²) in [5, 5.41) is 12.2. The number of aliphatic carboxylic acids is 1. The number of alkyl carbamates (subject to hydrolysis) is 1. The zero-order valence-electron chi connectivity index (χ0n) is 19.9. The van der Waals surface area contributed by atoms with Gasteiger partial charge in [-0.15, -0.1) is 0 Å². The van der Waals surface area contributed by atoms with Crippen molar-refractivity contribution in [1.82, 2.24) is 10.2 Å². The second-order valence-electron chi connectivity index (χ2n) is 9.84. The van der Waals surface area contributed by atoms with E-state index in [1.807, 2.05) is 24.3 Å². The number of hydrogen-bond donors (Lipinski definition) is 2. The number of nitrogens with one attached hydrogen (secondary N) is 1. The van der Waals surface area contributed by atoms with E-state index in [1.54, 1.807) is 0 Å². The van der Waals surface area contributed by atoms with Crippen LogP contribution in [0.1, 0.15) is 50.2 Å². The fourth-order valence-electron chi connectivity index (χ4n) is 4.58. The number of hydrogen-bond acceptors (Lipinski definition) is 4. The number of carboxylic acids is 1. The molecule has 2 amide bonds. The van der Waals surface area contributed by atoms with Crippen molar-refractivity contribution in [1.29, 1.82) is 0 Å². The van der Waals surface area contributed by atoms with Gasteiger partial charge in [0, 0.05) is 19.5 Å². The van der Waals surface area contributed by atoms with Gasteiger partial charge in [0.15, 0.2) is 0 Å². The molecule has 7 heteroatoms. The molecule has 0 radical (unpaired) electrons. The average Bonchev–Trinajstić information content (AvgIpc) is 3.60. The van der Waals surface area contributed by atoms with E-state index in [0.717, 1.165) is 35.1 Å². The molecule has 0 aromatic heterocycles. The lowest BCUT2D eigenvalue weighted by Gasteiger charge is -2.34. The lowest BCUT2D eigenvalue weighted by atomic mass is 9.96. The molecule has 2 aromatic carbocycles. The predicted octanol–water partition coefficient (Wildman–Crippen LogP) is 4.26. The number of carbonyl (C=O) groups is 3. The first kappa shape index (κ1) is 23.8. The van der Waals surface area contributed by atoms with Gasteiger partial charge in [-0.25, -0.2) is 9.59 Å². The van der Waals surface area contributed by atoms with Crippen LogP contribution in [0.5, 0.6) is 0 Å². The minimum Gasteiger partial charge on any atom is -0.480 e. The topological polar surface area (TPSA) is 95.9 Å². The van der Waals surface area contributed by atoms with Crippen LogP contribution in [0.15, 0.2) is 48.5 Å². The van der Waals surface area contributed by atoms with Crippen LogP contribution in [0.2, 0.25) is 0 Å². The molecule has 1 unspecified atom stereocenters.